The molecule has 0 saturated heterocycles. The number of allylic oxidation sites excluding steroid dienone is 2. The average molecular weight is 383 g/mol. The summed E-state index contributed by atoms with van der Waals surface area (Å²) in [5, 5.41) is 0. The number of hydrogen-bond acceptors (Lipinski definition) is 5. The summed E-state index contributed by atoms with van der Waals surface area (Å²) in [6.45, 7) is 8.12. The Hall–Kier alpha value is -2.43. The lowest BCUT2D eigenvalue weighted by atomic mass is 9.71. The third kappa shape index (κ3) is 4.03. The van der Waals surface area contributed by atoms with Gasteiger partial charge in [-0.1, -0.05) is 25.1 Å². The van der Waals surface area contributed by atoms with Crippen LogP contribution in [0.25, 0.3) is 0 Å². The number of nitrogens with zero attached hydrogens (tertiary/aromatic N) is 1. The van der Waals surface area contributed by atoms with Crippen molar-refractivity contribution in [3.05, 3.63) is 41.1 Å². The topological polar surface area (TPSA) is 65.0 Å². The molecule has 0 N–H and O–H groups in total. The van der Waals surface area contributed by atoms with Gasteiger partial charge in [0.1, 0.15) is 11.7 Å². The zero-order valence-corrected chi connectivity index (χ0v) is 17.2. The number of esters is 1. The number of ether oxygens (including phenoxy) is 2. The van der Waals surface area contributed by atoms with E-state index in [1.165, 1.54) is 0 Å². The average Bonchev–Trinajstić information content (AvgIpc) is 2.65. The van der Waals surface area contributed by atoms with E-state index in [-0.39, 0.29) is 17.9 Å². The van der Waals surface area contributed by atoms with Gasteiger partial charge in [-0.2, -0.15) is 0 Å². The molecule has 1 aliphatic carbocycles. The Kier molecular flexibility index (Phi) is 6.32. The maximum absolute atomic E-state index is 13.0. The number of Topliss-reactive ketones (excluding diaryl/α,β-unsaturated/α-hetero) is 1. The second kappa shape index (κ2) is 8.72. The molecule has 0 amide bonds. The van der Waals surface area contributed by atoms with Crippen molar-refractivity contribution in [2.45, 2.75) is 65.4 Å². The highest BCUT2D eigenvalue weighted by molar-refractivity contribution is 6.09. The van der Waals surface area contributed by atoms with E-state index in [0.717, 1.165) is 30.5 Å². The molecule has 0 bridgehead atoms. The Bertz CT molecular complexity index is 822. The molecule has 0 saturated carbocycles. The first-order chi connectivity index (χ1) is 13.4. The molecule has 5 heteroatoms. The monoisotopic (exact) mass is 383 g/mol. The normalized spacial score (nSPS) is 22.0. The van der Waals surface area contributed by atoms with Gasteiger partial charge >= 0.3 is 5.97 Å². The summed E-state index contributed by atoms with van der Waals surface area (Å²) in [6, 6.07) is 7.69. The summed E-state index contributed by atoms with van der Waals surface area (Å²) in [7, 11) is 0. The van der Waals surface area contributed by atoms with Crippen molar-refractivity contribution in [2.24, 2.45) is 10.9 Å². The molecule has 1 aromatic rings. The molecule has 0 aromatic heterocycles. The predicted molar refractivity (Wildman–Crippen MR) is 109 cm³/mol. The van der Waals surface area contributed by atoms with Gasteiger partial charge in [0.2, 0.25) is 0 Å². The minimum atomic E-state index is -0.607. The number of benzene rings is 1. The van der Waals surface area contributed by atoms with Crippen LogP contribution in [-0.4, -0.2) is 30.2 Å². The molecule has 2 atom stereocenters. The van der Waals surface area contributed by atoms with E-state index in [1.54, 1.807) is 0 Å². The maximum atomic E-state index is 13.0. The lowest BCUT2D eigenvalue weighted by Gasteiger charge is -2.35. The van der Waals surface area contributed by atoms with E-state index >= 15 is 0 Å². The van der Waals surface area contributed by atoms with E-state index in [4.69, 9.17) is 9.47 Å². The van der Waals surface area contributed by atoms with Crippen LogP contribution in [0.15, 0.2) is 40.5 Å². The van der Waals surface area contributed by atoms with Crippen LogP contribution in [0.3, 0.4) is 0 Å². The predicted octanol–water partition coefficient (Wildman–Crippen LogP) is 4.61. The molecule has 1 heterocycles. The Balaban J connectivity index is 2.14. The Morgan fingerprint density at radius 2 is 2.00 bits per heavy atom. The first kappa shape index (κ1) is 20.3. The SMILES string of the molecule is CCCOC(=O)C1C(C)=NC2=C(C(=O)CCC2)[C@H]1c1ccccc1OC(C)C. The van der Waals surface area contributed by atoms with Gasteiger partial charge in [0.15, 0.2) is 5.78 Å². The van der Waals surface area contributed by atoms with Crippen LogP contribution in [0.5, 0.6) is 5.75 Å². The molecule has 0 radical (unpaired) electrons. The highest BCUT2D eigenvalue weighted by atomic mass is 16.5. The van der Waals surface area contributed by atoms with Crippen molar-refractivity contribution in [2.75, 3.05) is 6.61 Å². The molecule has 3 rings (SSSR count). The summed E-state index contributed by atoms with van der Waals surface area (Å²) in [4.78, 5) is 30.6. The molecule has 150 valence electrons. The van der Waals surface area contributed by atoms with Crippen molar-refractivity contribution in [1.82, 2.24) is 0 Å². The van der Waals surface area contributed by atoms with Crippen LogP contribution in [0.1, 0.15) is 64.9 Å². The molecule has 1 unspecified atom stereocenters. The number of para-hydroxylation sites is 1. The van der Waals surface area contributed by atoms with E-state index in [0.29, 0.717) is 30.1 Å². The first-order valence-electron chi connectivity index (χ1n) is 10.2. The summed E-state index contributed by atoms with van der Waals surface area (Å²) < 4.78 is 11.5. The molecular weight excluding hydrogens is 354 g/mol. The number of rotatable bonds is 6. The van der Waals surface area contributed by atoms with Crippen LogP contribution >= 0.6 is 0 Å². The van der Waals surface area contributed by atoms with Crippen LogP contribution in [-0.2, 0) is 14.3 Å². The van der Waals surface area contributed by atoms with Crippen molar-refractivity contribution < 1.29 is 19.1 Å². The minimum absolute atomic E-state index is 0.0134. The summed E-state index contributed by atoms with van der Waals surface area (Å²) in [5.41, 5.74) is 3.04. The Labute approximate surface area is 166 Å². The number of carbonyl (C=O) groups is 2. The van der Waals surface area contributed by atoms with Crippen LogP contribution < -0.4 is 4.74 Å². The zero-order chi connectivity index (χ0) is 20.3. The van der Waals surface area contributed by atoms with Crippen molar-refractivity contribution in [1.29, 1.82) is 0 Å². The number of ketones is 1. The quantitative estimate of drug-likeness (QED) is 0.673. The molecule has 1 aromatic carbocycles. The smallest absolute Gasteiger partial charge is 0.315 e. The lowest BCUT2D eigenvalue weighted by Crippen LogP contribution is -2.37. The van der Waals surface area contributed by atoms with E-state index in [2.05, 4.69) is 4.99 Å². The van der Waals surface area contributed by atoms with Crippen molar-refractivity contribution in [3.8, 4) is 5.75 Å². The third-order valence-corrected chi connectivity index (χ3v) is 5.15. The summed E-state index contributed by atoms with van der Waals surface area (Å²) in [6.07, 6.45) is 2.79. The number of hydrogen-bond donors (Lipinski definition) is 0. The molecule has 1 aliphatic heterocycles. The summed E-state index contributed by atoms with van der Waals surface area (Å²) >= 11 is 0. The van der Waals surface area contributed by atoms with Gasteiger partial charge in [-0.25, -0.2) is 0 Å². The second-order valence-corrected chi connectivity index (χ2v) is 7.72. The second-order valence-electron chi connectivity index (χ2n) is 7.72. The van der Waals surface area contributed by atoms with E-state index in [1.807, 2.05) is 52.0 Å². The molecule has 5 nitrogen and oxygen atoms in total. The Morgan fingerprint density at radius 1 is 1.25 bits per heavy atom. The highest BCUT2D eigenvalue weighted by Gasteiger charge is 2.44. The van der Waals surface area contributed by atoms with Gasteiger partial charge in [0, 0.05) is 34.9 Å². The van der Waals surface area contributed by atoms with E-state index in [9.17, 15) is 9.59 Å². The molecule has 0 spiro atoms. The molecular formula is C23H29NO4. The standard InChI is InChI=1S/C23H29NO4/c1-5-13-27-23(26)20-15(4)24-17-10-8-11-18(25)22(17)21(20)16-9-6-7-12-19(16)28-14(2)3/h6-7,9,12,14,20-21H,5,8,10-11,13H2,1-4H3/t20?,21-/m0/s1. The minimum Gasteiger partial charge on any atom is -0.491 e. The zero-order valence-electron chi connectivity index (χ0n) is 17.2. The third-order valence-electron chi connectivity index (χ3n) is 5.15. The van der Waals surface area contributed by atoms with E-state index < -0.39 is 11.8 Å². The summed E-state index contributed by atoms with van der Waals surface area (Å²) in [5.74, 6) is -0.563. The fraction of sp³-hybridized carbons (Fsp3) is 0.522. The van der Waals surface area contributed by atoms with Gasteiger partial charge in [-0.3, -0.25) is 14.6 Å². The highest BCUT2D eigenvalue weighted by Crippen LogP contribution is 2.46. The number of carbonyl (C=O) groups excluding carboxylic acids is 2. The van der Waals surface area contributed by atoms with Gasteiger partial charge in [0.25, 0.3) is 0 Å². The molecule has 28 heavy (non-hydrogen) atoms. The van der Waals surface area contributed by atoms with Gasteiger partial charge in [-0.05, 0) is 46.1 Å². The molecule has 2 aliphatic rings. The van der Waals surface area contributed by atoms with Crippen molar-refractivity contribution >= 4 is 17.5 Å². The maximum Gasteiger partial charge on any atom is 0.315 e. The van der Waals surface area contributed by atoms with Crippen molar-refractivity contribution in [3.63, 3.8) is 0 Å². The largest absolute Gasteiger partial charge is 0.491 e. The first-order valence-corrected chi connectivity index (χ1v) is 10.2. The fourth-order valence-electron chi connectivity index (χ4n) is 4.04. The Morgan fingerprint density at radius 3 is 2.71 bits per heavy atom. The number of aliphatic imine (C=N–C) groups is 1. The lowest BCUT2D eigenvalue weighted by molar-refractivity contribution is -0.146. The van der Waals surface area contributed by atoms with Gasteiger partial charge < -0.3 is 9.47 Å². The van der Waals surface area contributed by atoms with Gasteiger partial charge in [0.05, 0.1) is 12.7 Å². The fourth-order valence-corrected chi connectivity index (χ4v) is 4.04. The van der Waals surface area contributed by atoms with Crippen LogP contribution in [0.2, 0.25) is 0 Å². The van der Waals surface area contributed by atoms with Crippen LogP contribution in [0.4, 0.5) is 0 Å². The van der Waals surface area contributed by atoms with Crippen LogP contribution in [0, 0.1) is 5.92 Å². The molecule has 0 fully saturated rings. The van der Waals surface area contributed by atoms with Gasteiger partial charge in [-0.15, -0.1) is 0 Å².